The maximum absolute atomic E-state index is 17.8. The quantitative estimate of drug-likeness (QED) is 0.146. The lowest BCUT2D eigenvalue weighted by molar-refractivity contribution is 0.241. The zero-order valence-corrected chi connectivity index (χ0v) is 35.7. The number of aryl methyl sites for hydroxylation is 1. The van der Waals surface area contributed by atoms with Crippen LogP contribution >= 0.6 is 0 Å². The molecule has 4 aliphatic carbocycles. The number of aromatic nitrogens is 14. The molecule has 14 nitrogen and oxygen atoms in total. The third kappa shape index (κ3) is 5.10. The number of benzene rings is 2. The topological polar surface area (TPSA) is 186 Å². The van der Waals surface area contributed by atoms with Gasteiger partial charge in [0.15, 0.2) is 11.6 Å². The Balaban J connectivity index is 0.999. The van der Waals surface area contributed by atoms with Crippen LogP contribution in [0.2, 0.25) is 0 Å². The number of halogens is 4. The molecular formula is C47H38F4N14. The van der Waals surface area contributed by atoms with Crippen molar-refractivity contribution in [1.29, 1.82) is 0 Å². The van der Waals surface area contributed by atoms with Crippen LogP contribution in [0, 0.1) is 41.0 Å². The summed E-state index contributed by atoms with van der Waals surface area (Å²) >= 11 is 0. The van der Waals surface area contributed by atoms with E-state index in [9.17, 15) is 0 Å². The van der Waals surface area contributed by atoms with Gasteiger partial charge in [-0.15, -0.1) is 30.6 Å². The molecule has 6 aromatic heterocycles. The lowest BCUT2D eigenvalue weighted by atomic mass is 9.66. The van der Waals surface area contributed by atoms with Gasteiger partial charge in [-0.1, -0.05) is 39.8 Å². The molecule has 0 saturated heterocycles. The third-order valence-electron chi connectivity index (χ3n) is 15.4. The average molecular weight is 875 g/mol. The number of rotatable bonds is 7. The summed E-state index contributed by atoms with van der Waals surface area (Å²) in [5.74, 6) is -2.79. The summed E-state index contributed by atoms with van der Waals surface area (Å²) < 4.78 is 64.8. The number of nitrogens with zero attached hydrogens (tertiary/aromatic N) is 12. The van der Waals surface area contributed by atoms with E-state index in [1.165, 1.54) is 24.5 Å². The molecule has 4 bridgehead atoms. The second-order valence-electron chi connectivity index (χ2n) is 18.8. The highest BCUT2D eigenvalue weighted by atomic mass is 19.1. The van der Waals surface area contributed by atoms with Crippen molar-refractivity contribution in [3.8, 4) is 45.6 Å². The van der Waals surface area contributed by atoms with E-state index in [0.717, 1.165) is 30.5 Å². The highest BCUT2D eigenvalue weighted by Gasteiger charge is 2.69. The first-order valence-corrected chi connectivity index (χ1v) is 21.4. The van der Waals surface area contributed by atoms with Crippen molar-refractivity contribution in [2.45, 2.75) is 82.5 Å². The SMILES string of the molecule is Cc1nnc(-c2cncc([C@@]34CC(c5ccc(F)c(-c6cc7c(nn6)[C@@]6(c8cncc(-c9nnc[nH]9)n8)CC[C@@H]7C6(C)C)c5F)[C@@H](c5cc(-c6c(F)cccc6F)nnc53)C4(C)C)n2)[nH]1. The van der Waals surface area contributed by atoms with Gasteiger partial charge >= 0.3 is 0 Å². The Morgan fingerprint density at radius 3 is 1.94 bits per heavy atom. The lowest BCUT2D eigenvalue weighted by Crippen LogP contribution is -2.38. The van der Waals surface area contributed by atoms with Crippen molar-refractivity contribution in [3.63, 3.8) is 0 Å². The average Bonchev–Trinajstić information content (AvgIpc) is 4.14. The minimum Gasteiger partial charge on any atom is -0.326 e. The van der Waals surface area contributed by atoms with Crippen LogP contribution in [0.25, 0.3) is 45.6 Å². The maximum Gasteiger partial charge on any atom is 0.181 e. The molecule has 6 heterocycles. The molecule has 0 aliphatic heterocycles. The van der Waals surface area contributed by atoms with Gasteiger partial charge in [0, 0.05) is 12.4 Å². The molecule has 8 aromatic rings. The molecule has 18 heteroatoms. The van der Waals surface area contributed by atoms with Crippen molar-refractivity contribution in [3.05, 3.63) is 142 Å². The summed E-state index contributed by atoms with van der Waals surface area (Å²) in [6, 6.07) is 9.79. The Kier molecular flexibility index (Phi) is 8.11. The Hall–Kier alpha value is -7.24. The van der Waals surface area contributed by atoms with Crippen LogP contribution < -0.4 is 0 Å². The van der Waals surface area contributed by atoms with Crippen molar-refractivity contribution in [1.82, 2.24) is 70.7 Å². The zero-order valence-electron chi connectivity index (χ0n) is 35.7. The van der Waals surface area contributed by atoms with E-state index in [1.807, 2.05) is 13.8 Å². The number of nitrogens with one attached hydrogen (secondary N) is 2. The summed E-state index contributed by atoms with van der Waals surface area (Å²) in [6.07, 6.45) is 9.89. The standard InChI is InChI=1S/C47H38F4N14/c1-21-56-43(65-59-21)33-17-53-19-35(58-33)47-15-25(38(45(47,4)5)24-14-30(60-63-41(24)47)36-27(48)7-6-8-28(36)49)22-9-10-29(50)37(39(22)51)31-13-23-26-11-12-46(44(26,2)3,40(23)62-61-31)34-18-52-16-32(57-34)42-54-20-55-64-42/h6-10,13-14,16-20,25-26,38H,11-12,15H2,1-5H3,(H,54,55,64)(H,56,59,65)/t25?,26-,38+,46-,47-/m0/s1. The molecular weight excluding hydrogens is 837 g/mol. The molecule has 0 amide bonds. The van der Waals surface area contributed by atoms with Crippen molar-refractivity contribution < 1.29 is 17.6 Å². The van der Waals surface area contributed by atoms with Gasteiger partial charge in [-0.2, -0.15) is 10.2 Å². The second-order valence-corrected chi connectivity index (χ2v) is 18.8. The van der Waals surface area contributed by atoms with Crippen LogP contribution in [0.15, 0.2) is 73.6 Å². The molecule has 324 valence electrons. The Bertz CT molecular complexity index is 3260. The van der Waals surface area contributed by atoms with Crippen LogP contribution in [0.4, 0.5) is 17.6 Å². The van der Waals surface area contributed by atoms with Crippen LogP contribution in [-0.2, 0) is 10.8 Å². The minimum absolute atomic E-state index is 0.00655. The van der Waals surface area contributed by atoms with Gasteiger partial charge in [-0.25, -0.2) is 27.5 Å². The summed E-state index contributed by atoms with van der Waals surface area (Å²) in [4.78, 5) is 25.3. The van der Waals surface area contributed by atoms with Gasteiger partial charge in [0.25, 0.3) is 0 Å². The normalized spacial score (nSPS) is 24.1. The van der Waals surface area contributed by atoms with Crippen molar-refractivity contribution >= 4 is 0 Å². The fourth-order valence-corrected chi connectivity index (χ4v) is 12.4. The highest BCUT2D eigenvalue weighted by molar-refractivity contribution is 5.68. The van der Waals surface area contributed by atoms with Gasteiger partial charge in [-0.3, -0.25) is 9.97 Å². The molecule has 0 radical (unpaired) electrons. The molecule has 65 heavy (non-hydrogen) atoms. The first-order valence-electron chi connectivity index (χ1n) is 21.4. The van der Waals surface area contributed by atoms with Gasteiger partial charge in [0.1, 0.15) is 46.8 Å². The third-order valence-corrected chi connectivity index (χ3v) is 15.4. The Morgan fingerprint density at radius 2 is 1.26 bits per heavy atom. The molecule has 2 aromatic carbocycles. The fraction of sp³-hybridized carbons (Fsp3) is 0.319. The minimum atomic E-state index is -1.05. The van der Waals surface area contributed by atoms with Gasteiger partial charge in [-0.05, 0) is 102 Å². The fourth-order valence-electron chi connectivity index (χ4n) is 12.4. The van der Waals surface area contributed by atoms with E-state index < -0.39 is 56.8 Å². The zero-order chi connectivity index (χ0) is 44.8. The lowest BCUT2D eigenvalue weighted by Gasteiger charge is -2.37. The predicted octanol–water partition coefficient (Wildman–Crippen LogP) is 8.42. The van der Waals surface area contributed by atoms with E-state index in [-0.39, 0.29) is 40.4 Å². The molecule has 0 spiro atoms. The van der Waals surface area contributed by atoms with Crippen LogP contribution in [-0.4, -0.2) is 70.7 Å². The number of aromatic amines is 2. The van der Waals surface area contributed by atoms with Gasteiger partial charge in [0.05, 0.1) is 68.5 Å². The summed E-state index contributed by atoms with van der Waals surface area (Å²) in [5.41, 5.74) is 1.76. The molecule has 4 aliphatic rings. The van der Waals surface area contributed by atoms with Gasteiger partial charge in [0.2, 0.25) is 0 Å². The Morgan fingerprint density at radius 1 is 0.615 bits per heavy atom. The van der Waals surface area contributed by atoms with Crippen LogP contribution in [0.5, 0.6) is 0 Å². The van der Waals surface area contributed by atoms with Gasteiger partial charge < -0.3 is 9.97 Å². The number of H-pyrrole nitrogens is 2. The number of fused-ring (bicyclic) bond motifs is 10. The first kappa shape index (κ1) is 39.4. The van der Waals surface area contributed by atoms with E-state index in [2.05, 4.69) is 64.4 Å². The van der Waals surface area contributed by atoms with E-state index in [1.54, 1.807) is 43.8 Å². The summed E-state index contributed by atoms with van der Waals surface area (Å²) in [6.45, 7) is 10.2. The summed E-state index contributed by atoms with van der Waals surface area (Å²) in [5, 5.41) is 34.9. The molecule has 1 unspecified atom stereocenters. The predicted molar refractivity (Wildman–Crippen MR) is 226 cm³/mol. The monoisotopic (exact) mass is 874 g/mol. The van der Waals surface area contributed by atoms with Crippen LogP contribution in [0.1, 0.15) is 110 Å². The largest absolute Gasteiger partial charge is 0.326 e. The van der Waals surface area contributed by atoms with E-state index in [4.69, 9.17) is 20.2 Å². The second kappa shape index (κ2) is 13.4. The molecule has 5 atom stereocenters. The number of hydrogen-bond donors (Lipinski definition) is 2. The Labute approximate surface area is 368 Å². The first-order chi connectivity index (χ1) is 31.3. The van der Waals surface area contributed by atoms with E-state index in [0.29, 0.717) is 57.2 Å². The summed E-state index contributed by atoms with van der Waals surface area (Å²) in [7, 11) is 0. The maximum atomic E-state index is 17.8. The van der Waals surface area contributed by atoms with Crippen LogP contribution in [0.3, 0.4) is 0 Å². The van der Waals surface area contributed by atoms with Crippen molar-refractivity contribution in [2.75, 3.05) is 0 Å². The molecule has 12 rings (SSSR count). The number of hydrogen-bond acceptors (Lipinski definition) is 12. The van der Waals surface area contributed by atoms with Crippen molar-refractivity contribution in [2.24, 2.45) is 10.8 Å². The molecule has 2 N–H and O–H groups in total. The molecule has 2 fully saturated rings. The van der Waals surface area contributed by atoms with E-state index >= 15 is 17.6 Å². The smallest absolute Gasteiger partial charge is 0.181 e. The molecule has 2 saturated carbocycles. The highest BCUT2D eigenvalue weighted by Crippen LogP contribution is 2.74.